The number of ether oxygens (including phenoxy) is 2. The first-order valence-corrected chi connectivity index (χ1v) is 8.84. The Morgan fingerprint density at radius 2 is 1.08 bits per heavy atom. The van der Waals surface area contributed by atoms with E-state index in [4.69, 9.17) is 9.47 Å². The van der Waals surface area contributed by atoms with Gasteiger partial charge in [0, 0.05) is 0 Å². The van der Waals surface area contributed by atoms with Crippen molar-refractivity contribution in [2.45, 2.75) is 13.3 Å². The van der Waals surface area contributed by atoms with Gasteiger partial charge in [-0.05, 0) is 58.5 Å². The van der Waals surface area contributed by atoms with Gasteiger partial charge in [-0.25, -0.2) is 0 Å². The third-order valence-electron chi connectivity index (χ3n) is 4.53. The Bertz CT molecular complexity index is 811. The van der Waals surface area contributed by atoms with Crippen molar-refractivity contribution in [1.82, 2.24) is 0 Å². The molecule has 0 bridgehead atoms. The van der Waals surface area contributed by atoms with Crippen LogP contribution in [0.3, 0.4) is 0 Å². The average Bonchev–Trinajstić information content (AvgIpc) is 2.73. The Morgan fingerprint density at radius 1 is 0.615 bits per heavy atom. The van der Waals surface area contributed by atoms with E-state index in [1.165, 1.54) is 27.8 Å². The van der Waals surface area contributed by atoms with Crippen molar-refractivity contribution < 1.29 is 9.47 Å². The average molecular weight is 344 g/mol. The van der Waals surface area contributed by atoms with Crippen molar-refractivity contribution in [1.29, 1.82) is 0 Å². The van der Waals surface area contributed by atoms with E-state index in [-0.39, 0.29) is 0 Å². The molecule has 0 spiro atoms. The second-order valence-corrected chi connectivity index (χ2v) is 6.03. The second kappa shape index (κ2) is 8.39. The van der Waals surface area contributed by atoms with Crippen LogP contribution in [0.15, 0.2) is 78.9 Å². The van der Waals surface area contributed by atoms with Gasteiger partial charge in [0.15, 0.2) is 0 Å². The summed E-state index contributed by atoms with van der Waals surface area (Å²) in [7, 11) is 3.38. The van der Waals surface area contributed by atoms with Gasteiger partial charge in [-0.2, -0.15) is 0 Å². The number of hydrogen-bond donors (Lipinski definition) is 0. The normalized spacial score (nSPS) is 10.3. The number of allylic oxidation sites excluding steroid dienone is 1. The molecule has 0 unspecified atom stereocenters. The van der Waals surface area contributed by atoms with Crippen LogP contribution in [0.5, 0.6) is 11.5 Å². The minimum atomic E-state index is 0.862. The molecule has 132 valence electrons. The second-order valence-electron chi connectivity index (χ2n) is 6.03. The lowest BCUT2D eigenvalue weighted by Gasteiger charge is -2.17. The van der Waals surface area contributed by atoms with Gasteiger partial charge in [0.1, 0.15) is 11.5 Å². The number of methoxy groups -OCH3 is 2. The topological polar surface area (TPSA) is 18.5 Å². The third-order valence-corrected chi connectivity index (χ3v) is 4.53. The molecule has 0 aromatic heterocycles. The quantitative estimate of drug-likeness (QED) is 0.505. The molecule has 26 heavy (non-hydrogen) atoms. The van der Waals surface area contributed by atoms with Crippen LogP contribution in [-0.4, -0.2) is 14.2 Å². The summed E-state index contributed by atoms with van der Waals surface area (Å²) < 4.78 is 10.6. The van der Waals surface area contributed by atoms with Gasteiger partial charge in [-0.3, -0.25) is 0 Å². The van der Waals surface area contributed by atoms with Gasteiger partial charge in [0.2, 0.25) is 0 Å². The van der Waals surface area contributed by atoms with Crippen LogP contribution < -0.4 is 9.47 Å². The van der Waals surface area contributed by atoms with Gasteiger partial charge in [-0.1, -0.05) is 61.5 Å². The van der Waals surface area contributed by atoms with E-state index in [9.17, 15) is 0 Å². The van der Waals surface area contributed by atoms with E-state index < -0.39 is 0 Å². The van der Waals surface area contributed by atoms with Crippen LogP contribution in [0, 0.1) is 0 Å². The zero-order valence-electron chi connectivity index (χ0n) is 15.5. The van der Waals surface area contributed by atoms with E-state index in [0.29, 0.717) is 0 Å². The summed E-state index contributed by atoms with van der Waals surface area (Å²) >= 11 is 0. The van der Waals surface area contributed by atoms with Crippen LogP contribution in [-0.2, 0) is 0 Å². The fourth-order valence-electron chi connectivity index (χ4n) is 3.20. The molecular formula is C24H24O2. The number of benzene rings is 3. The highest BCUT2D eigenvalue weighted by Crippen LogP contribution is 2.35. The minimum absolute atomic E-state index is 0.862. The number of rotatable bonds is 6. The molecule has 0 aliphatic rings. The van der Waals surface area contributed by atoms with E-state index in [1.807, 2.05) is 24.3 Å². The minimum Gasteiger partial charge on any atom is -0.497 e. The zero-order chi connectivity index (χ0) is 18.4. The molecule has 0 aliphatic heterocycles. The van der Waals surface area contributed by atoms with Crippen LogP contribution >= 0.6 is 0 Å². The summed E-state index contributed by atoms with van der Waals surface area (Å²) in [5.74, 6) is 1.72. The molecule has 0 atom stereocenters. The standard InChI is InChI=1S/C24H24O2/c1-4-23(18-8-6-5-7-9-18)24(19-10-14-21(25-2)15-11-19)20-12-16-22(26-3)17-13-20/h5-17H,4H2,1-3H3. The fraction of sp³-hybridized carbons (Fsp3) is 0.167. The molecule has 0 N–H and O–H groups in total. The van der Waals surface area contributed by atoms with Gasteiger partial charge in [-0.15, -0.1) is 0 Å². The predicted molar refractivity (Wildman–Crippen MR) is 109 cm³/mol. The van der Waals surface area contributed by atoms with Crippen LogP contribution in [0.2, 0.25) is 0 Å². The Kier molecular flexibility index (Phi) is 5.75. The SMILES string of the molecule is CCC(=C(c1ccc(OC)cc1)c1ccc(OC)cc1)c1ccccc1. The lowest BCUT2D eigenvalue weighted by molar-refractivity contribution is 0.414. The molecule has 0 amide bonds. The fourth-order valence-corrected chi connectivity index (χ4v) is 3.20. The summed E-state index contributed by atoms with van der Waals surface area (Å²) in [6, 6.07) is 27.1. The molecule has 3 aromatic carbocycles. The molecule has 0 saturated heterocycles. The van der Waals surface area contributed by atoms with E-state index in [2.05, 4.69) is 61.5 Å². The molecular weight excluding hydrogens is 320 g/mol. The van der Waals surface area contributed by atoms with Crippen LogP contribution in [0.4, 0.5) is 0 Å². The van der Waals surface area contributed by atoms with Crippen LogP contribution in [0.25, 0.3) is 11.1 Å². The molecule has 2 heteroatoms. The smallest absolute Gasteiger partial charge is 0.118 e. The summed E-state index contributed by atoms with van der Waals surface area (Å²) in [6.45, 7) is 2.20. The predicted octanol–water partition coefficient (Wildman–Crippen LogP) is 6.07. The van der Waals surface area contributed by atoms with E-state index >= 15 is 0 Å². The van der Waals surface area contributed by atoms with Crippen LogP contribution in [0.1, 0.15) is 30.0 Å². The highest BCUT2D eigenvalue weighted by atomic mass is 16.5. The van der Waals surface area contributed by atoms with Gasteiger partial charge in [0.25, 0.3) is 0 Å². The molecule has 3 rings (SSSR count). The van der Waals surface area contributed by atoms with E-state index in [1.54, 1.807) is 14.2 Å². The Hall–Kier alpha value is -3.00. The highest BCUT2D eigenvalue weighted by molar-refractivity contribution is 5.98. The van der Waals surface area contributed by atoms with Crippen molar-refractivity contribution in [2.24, 2.45) is 0 Å². The molecule has 0 aliphatic carbocycles. The maximum absolute atomic E-state index is 5.32. The summed E-state index contributed by atoms with van der Waals surface area (Å²) in [4.78, 5) is 0. The van der Waals surface area contributed by atoms with Crippen molar-refractivity contribution in [3.8, 4) is 11.5 Å². The molecule has 0 fully saturated rings. The molecule has 3 aromatic rings. The maximum Gasteiger partial charge on any atom is 0.118 e. The van der Waals surface area contributed by atoms with Gasteiger partial charge < -0.3 is 9.47 Å². The maximum atomic E-state index is 5.32. The Morgan fingerprint density at radius 3 is 1.46 bits per heavy atom. The first-order chi connectivity index (χ1) is 12.8. The lowest BCUT2D eigenvalue weighted by atomic mass is 9.88. The Labute approximate surface area is 155 Å². The summed E-state index contributed by atoms with van der Waals surface area (Å²) in [5, 5.41) is 0. The van der Waals surface area contributed by atoms with Crippen molar-refractivity contribution >= 4 is 11.1 Å². The first-order valence-electron chi connectivity index (χ1n) is 8.84. The largest absolute Gasteiger partial charge is 0.497 e. The first kappa shape index (κ1) is 17.8. The molecule has 0 radical (unpaired) electrons. The van der Waals surface area contributed by atoms with Crippen molar-refractivity contribution in [2.75, 3.05) is 14.2 Å². The lowest BCUT2D eigenvalue weighted by Crippen LogP contribution is -1.95. The molecule has 0 saturated carbocycles. The summed E-state index contributed by atoms with van der Waals surface area (Å²) in [6.07, 6.45) is 0.942. The van der Waals surface area contributed by atoms with E-state index in [0.717, 1.165) is 17.9 Å². The Balaban J connectivity index is 2.21. The number of hydrogen-bond acceptors (Lipinski definition) is 2. The zero-order valence-corrected chi connectivity index (χ0v) is 15.5. The summed E-state index contributed by atoms with van der Waals surface area (Å²) in [5.41, 5.74) is 6.16. The molecule has 0 heterocycles. The van der Waals surface area contributed by atoms with Crippen molar-refractivity contribution in [3.63, 3.8) is 0 Å². The third kappa shape index (κ3) is 3.80. The highest BCUT2D eigenvalue weighted by Gasteiger charge is 2.13. The van der Waals surface area contributed by atoms with Gasteiger partial charge in [0.05, 0.1) is 14.2 Å². The monoisotopic (exact) mass is 344 g/mol. The van der Waals surface area contributed by atoms with Gasteiger partial charge >= 0.3 is 0 Å². The van der Waals surface area contributed by atoms with Crippen molar-refractivity contribution in [3.05, 3.63) is 95.6 Å². The molecule has 2 nitrogen and oxygen atoms in total.